The Morgan fingerprint density at radius 1 is 1.03 bits per heavy atom. The first-order valence-electron chi connectivity index (χ1n) is 10.1. The van der Waals surface area contributed by atoms with E-state index in [1.165, 1.54) is 18.2 Å². The number of nitrogens with one attached hydrogen (secondary N) is 1. The van der Waals surface area contributed by atoms with Gasteiger partial charge in [0, 0.05) is 24.3 Å². The molecule has 2 aliphatic heterocycles. The second-order valence-electron chi connectivity index (χ2n) is 7.29. The molecule has 0 aliphatic carbocycles. The second-order valence-corrected chi connectivity index (χ2v) is 8.96. The molecule has 0 bridgehead atoms. The number of thioether (sulfide) groups is 1. The summed E-state index contributed by atoms with van der Waals surface area (Å²) in [6.07, 6.45) is 5.21. The molecule has 2 aromatic carbocycles. The number of carbonyl (C=O) groups is 2. The third-order valence-corrected chi connectivity index (χ3v) is 6.57. The van der Waals surface area contributed by atoms with Gasteiger partial charge < -0.3 is 10.2 Å². The van der Waals surface area contributed by atoms with Gasteiger partial charge in [0.2, 0.25) is 0 Å². The van der Waals surface area contributed by atoms with Crippen molar-refractivity contribution in [2.75, 3.05) is 25.1 Å². The molecule has 154 valence electrons. The standard InChI is InChI=1S/C23H23N3O2S2/c27-21(25-13-5-2-6-14-25)18-9-11-19(12-10-18)24-16-26-22(28)20(30-23(26)29)15-17-7-3-1-4-8-17/h1,3-4,7-12,15,24H,2,5-6,13-14,16H2/b20-15+. The second kappa shape index (κ2) is 9.45. The zero-order valence-electron chi connectivity index (χ0n) is 16.5. The van der Waals surface area contributed by atoms with Gasteiger partial charge >= 0.3 is 0 Å². The Labute approximate surface area is 186 Å². The van der Waals surface area contributed by atoms with Gasteiger partial charge in [-0.25, -0.2) is 0 Å². The Balaban J connectivity index is 1.36. The molecular formula is C23H23N3O2S2. The molecule has 30 heavy (non-hydrogen) atoms. The number of carbonyl (C=O) groups excluding carboxylic acids is 2. The summed E-state index contributed by atoms with van der Waals surface area (Å²) in [6, 6.07) is 17.1. The average Bonchev–Trinajstić information content (AvgIpc) is 3.05. The fraction of sp³-hybridized carbons (Fsp3) is 0.261. The maximum atomic E-state index is 12.7. The molecule has 2 aliphatic rings. The molecule has 2 fully saturated rings. The normalized spacial score (nSPS) is 18.2. The monoisotopic (exact) mass is 437 g/mol. The largest absolute Gasteiger partial charge is 0.367 e. The molecule has 0 unspecified atom stereocenters. The highest BCUT2D eigenvalue weighted by Crippen LogP contribution is 2.32. The number of nitrogens with zero attached hydrogens (tertiary/aromatic N) is 2. The van der Waals surface area contributed by atoms with E-state index < -0.39 is 0 Å². The van der Waals surface area contributed by atoms with Crippen LogP contribution in [0.15, 0.2) is 59.5 Å². The molecule has 5 nitrogen and oxygen atoms in total. The van der Waals surface area contributed by atoms with Crippen LogP contribution in [0.3, 0.4) is 0 Å². The topological polar surface area (TPSA) is 52.7 Å². The van der Waals surface area contributed by atoms with Gasteiger partial charge in [0.25, 0.3) is 11.8 Å². The van der Waals surface area contributed by atoms with E-state index >= 15 is 0 Å². The first kappa shape index (κ1) is 20.6. The van der Waals surface area contributed by atoms with Crippen molar-refractivity contribution >= 4 is 51.9 Å². The minimum absolute atomic E-state index is 0.0873. The van der Waals surface area contributed by atoms with Crippen LogP contribution >= 0.6 is 24.0 Å². The van der Waals surface area contributed by atoms with E-state index in [0.29, 0.717) is 14.8 Å². The van der Waals surface area contributed by atoms with Crippen LogP contribution in [0.5, 0.6) is 0 Å². The lowest BCUT2D eigenvalue weighted by Crippen LogP contribution is -2.35. The van der Waals surface area contributed by atoms with E-state index in [-0.39, 0.29) is 18.5 Å². The van der Waals surface area contributed by atoms with Crippen molar-refractivity contribution in [2.24, 2.45) is 0 Å². The molecule has 4 rings (SSSR count). The van der Waals surface area contributed by atoms with Crippen molar-refractivity contribution < 1.29 is 9.59 Å². The van der Waals surface area contributed by atoms with Crippen LogP contribution in [-0.4, -0.2) is 45.7 Å². The van der Waals surface area contributed by atoms with Gasteiger partial charge in [-0.15, -0.1) is 0 Å². The summed E-state index contributed by atoms with van der Waals surface area (Å²) in [5.74, 6) is -0.0116. The number of piperidine rings is 1. The molecule has 7 heteroatoms. The first-order valence-corrected chi connectivity index (χ1v) is 11.3. The summed E-state index contributed by atoms with van der Waals surface area (Å²) < 4.78 is 0.534. The van der Waals surface area contributed by atoms with Gasteiger partial charge in [-0.2, -0.15) is 0 Å². The lowest BCUT2D eigenvalue weighted by atomic mass is 10.1. The Morgan fingerprint density at radius 2 is 1.73 bits per heavy atom. The van der Waals surface area contributed by atoms with E-state index in [0.717, 1.165) is 37.2 Å². The summed E-state index contributed by atoms with van der Waals surface area (Å²) in [5, 5.41) is 3.23. The lowest BCUT2D eigenvalue weighted by molar-refractivity contribution is -0.121. The number of hydrogen-bond acceptors (Lipinski definition) is 5. The van der Waals surface area contributed by atoms with E-state index in [9.17, 15) is 9.59 Å². The third-order valence-electron chi connectivity index (χ3n) is 5.19. The summed E-state index contributed by atoms with van der Waals surface area (Å²) in [5.41, 5.74) is 2.50. The molecule has 0 aromatic heterocycles. The molecular weight excluding hydrogens is 414 g/mol. The molecule has 0 saturated carbocycles. The zero-order chi connectivity index (χ0) is 20.9. The highest BCUT2D eigenvalue weighted by Gasteiger charge is 2.31. The van der Waals surface area contributed by atoms with Crippen molar-refractivity contribution in [3.63, 3.8) is 0 Å². The maximum Gasteiger partial charge on any atom is 0.267 e. The zero-order valence-corrected chi connectivity index (χ0v) is 18.2. The van der Waals surface area contributed by atoms with E-state index in [1.807, 2.05) is 65.6 Å². The van der Waals surface area contributed by atoms with Gasteiger partial charge in [-0.3, -0.25) is 14.5 Å². The third kappa shape index (κ3) is 4.74. The number of thiocarbonyl (C=S) groups is 1. The molecule has 0 atom stereocenters. The minimum Gasteiger partial charge on any atom is -0.367 e. The Kier molecular flexibility index (Phi) is 6.50. The molecule has 0 radical (unpaired) electrons. The predicted molar refractivity (Wildman–Crippen MR) is 126 cm³/mol. The smallest absolute Gasteiger partial charge is 0.267 e. The Bertz CT molecular complexity index is 968. The maximum absolute atomic E-state index is 12.7. The highest BCUT2D eigenvalue weighted by atomic mass is 32.2. The van der Waals surface area contributed by atoms with Crippen LogP contribution in [-0.2, 0) is 4.79 Å². The fourth-order valence-corrected chi connectivity index (χ4v) is 4.77. The Hall–Kier alpha value is -2.64. The van der Waals surface area contributed by atoms with E-state index in [4.69, 9.17) is 12.2 Å². The van der Waals surface area contributed by atoms with Crippen LogP contribution in [0.2, 0.25) is 0 Å². The van der Waals surface area contributed by atoms with E-state index in [2.05, 4.69) is 5.32 Å². The van der Waals surface area contributed by atoms with Crippen LogP contribution < -0.4 is 5.32 Å². The summed E-state index contributed by atoms with van der Waals surface area (Å²) >= 11 is 6.70. The number of hydrogen-bond donors (Lipinski definition) is 1. The van der Waals surface area contributed by atoms with E-state index in [1.54, 1.807) is 4.90 Å². The van der Waals surface area contributed by atoms with Crippen molar-refractivity contribution in [1.29, 1.82) is 0 Å². The summed E-state index contributed by atoms with van der Waals surface area (Å²) in [7, 11) is 0. The SMILES string of the molecule is O=C(c1ccc(NCN2C(=O)/C(=C\c3ccccc3)SC2=S)cc1)N1CCCCC1. The number of anilines is 1. The van der Waals surface area contributed by atoms with Crippen LogP contribution in [0.25, 0.3) is 6.08 Å². The number of benzene rings is 2. The number of likely N-dealkylation sites (tertiary alicyclic amines) is 1. The van der Waals surface area contributed by atoms with Crippen LogP contribution in [0.1, 0.15) is 35.2 Å². The van der Waals surface area contributed by atoms with Crippen LogP contribution in [0, 0.1) is 0 Å². The molecule has 2 amide bonds. The van der Waals surface area contributed by atoms with Crippen molar-refractivity contribution in [3.8, 4) is 0 Å². The summed E-state index contributed by atoms with van der Waals surface area (Å²) in [6.45, 7) is 1.96. The molecule has 2 aromatic rings. The predicted octanol–water partition coefficient (Wildman–Crippen LogP) is 4.58. The summed E-state index contributed by atoms with van der Waals surface area (Å²) in [4.78, 5) is 29.4. The first-order chi connectivity index (χ1) is 14.6. The van der Waals surface area contributed by atoms with Crippen LogP contribution in [0.4, 0.5) is 5.69 Å². The lowest BCUT2D eigenvalue weighted by Gasteiger charge is -2.26. The van der Waals surface area contributed by atoms with Crippen molar-refractivity contribution in [1.82, 2.24) is 9.80 Å². The molecule has 0 spiro atoms. The van der Waals surface area contributed by atoms with Crippen molar-refractivity contribution in [3.05, 3.63) is 70.6 Å². The molecule has 2 saturated heterocycles. The molecule has 1 N–H and O–H groups in total. The molecule has 2 heterocycles. The quantitative estimate of drug-likeness (QED) is 0.548. The number of amides is 2. The van der Waals surface area contributed by atoms with Gasteiger partial charge in [-0.1, -0.05) is 54.3 Å². The van der Waals surface area contributed by atoms with Crippen molar-refractivity contribution in [2.45, 2.75) is 19.3 Å². The van der Waals surface area contributed by atoms with Gasteiger partial charge in [-0.05, 0) is 55.2 Å². The van der Waals surface area contributed by atoms with Gasteiger partial charge in [0.15, 0.2) is 0 Å². The number of rotatable bonds is 5. The van der Waals surface area contributed by atoms with Gasteiger partial charge in [0.05, 0.1) is 11.6 Å². The highest BCUT2D eigenvalue weighted by molar-refractivity contribution is 8.26. The fourth-order valence-electron chi connectivity index (χ4n) is 3.52. The van der Waals surface area contributed by atoms with Gasteiger partial charge in [0.1, 0.15) is 4.32 Å². The minimum atomic E-state index is -0.0988. The Morgan fingerprint density at radius 3 is 2.43 bits per heavy atom. The average molecular weight is 438 g/mol.